The highest BCUT2D eigenvalue weighted by Crippen LogP contribution is 2.25. The Morgan fingerprint density at radius 2 is 2.41 bits per heavy atom. The number of alkyl halides is 1. The summed E-state index contributed by atoms with van der Waals surface area (Å²) < 4.78 is 1.75. The van der Waals surface area contributed by atoms with Crippen molar-refractivity contribution in [2.45, 2.75) is 50.5 Å². The lowest BCUT2D eigenvalue weighted by atomic mass is 10.2. The van der Waals surface area contributed by atoms with Crippen molar-refractivity contribution in [2.24, 2.45) is 0 Å². The topological polar surface area (TPSA) is 46.9 Å². The monoisotopic (exact) mass is 299 g/mol. The molecule has 2 unspecified atom stereocenters. The fourth-order valence-corrected chi connectivity index (χ4v) is 3.01. The van der Waals surface area contributed by atoms with Crippen molar-refractivity contribution in [1.82, 2.24) is 15.1 Å². The number of nitrogens with zero attached hydrogens (tertiary/aromatic N) is 2. The van der Waals surface area contributed by atoms with E-state index < -0.39 is 0 Å². The lowest BCUT2D eigenvalue weighted by Gasteiger charge is -2.16. The van der Waals surface area contributed by atoms with Crippen LogP contribution < -0.4 is 5.32 Å². The second-order valence-electron chi connectivity index (χ2n) is 4.51. The van der Waals surface area contributed by atoms with E-state index >= 15 is 0 Å². The zero-order valence-electron chi connectivity index (χ0n) is 10.2. The molecule has 2 atom stereocenters. The average Bonchev–Trinajstić information content (AvgIpc) is 2.85. The van der Waals surface area contributed by atoms with Gasteiger partial charge in [-0.05, 0) is 32.8 Å². The molecule has 5 heteroatoms. The maximum atomic E-state index is 12.1. The molecule has 0 aliphatic heterocycles. The maximum absolute atomic E-state index is 12.1. The van der Waals surface area contributed by atoms with E-state index in [2.05, 4.69) is 26.3 Å². The van der Waals surface area contributed by atoms with Crippen LogP contribution in [0.1, 0.15) is 42.4 Å². The van der Waals surface area contributed by atoms with Gasteiger partial charge in [-0.3, -0.25) is 9.48 Å². The second-order valence-corrected chi connectivity index (χ2v) is 5.69. The Hall–Kier alpha value is -0.840. The van der Waals surface area contributed by atoms with Crippen LogP contribution in [-0.4, -0.2) is 26.6 Å². The standard InChI is InChI=1S/C12H18BrN3O/c1-3-16-11(7-8(2)15-16)12(17)14-10-6-4-5-9(10)13/h7,9-10H,3-6H2,1-2H3,(H,14,17). The third kappa shape index (κ3) is 2.70. The summed E-state index contributed by atoms with van der Waals surface area (Å²) in [6.45, 7) is 4.62. The Kier molecular flexibility index (Phi) is 3.86. The van der Waals surface area contributed by atoms with Gasteiger partial charge in [0.1, 0.15) is 5.69 Å². The van der Waals surface area contributed by atoms with Gasteiger partial charge in [-0.2, -0.15) is 5.10 Å². The summed E-state index contributed by atoms with van der Waals surface area (Å²) in [6.07, 6.45) is 3.37. The first-order chi connectivity index (χ1) is 8.11. The Balaban J connectivity index is 2.08. The van der Waals surface area contributed by atoms with Crippen LogP contribution in [0.2, 0.25) is 0 Å². The fourth-order valence-electron chi connectivity index (χ4n) is 2.29. The predicted molar refractivity (Wildman–Crippen MR) is 70.5 cm³/mol. The van der Waals surface area contributed by atoms with E-state index in [0.29, 0.717) is 10.5 Å². The predicted octanol–water partition coefficient (Wildman–Crippen LogP) is 2.26. The SMILES string of the molecule is CCn1nc(C)cc1C(=O)NC1CCCC1Br. The Morgan fingerprint density at radius 1 is 1.65 bits per heavy atom. The lowest BCUT2D eigenvalue weighted by Crippen LogP contribution is -2.38. The van der Waals surface area contributed by atoms with Crippen molar-refractivity contribution in [3.05, 3.63) is 17.5 Å². The first kappa shape index (κ1) is 12.6. The van der Waals surface area contributed by atoms with Gasteiger partial charge in [0.2, 0.25) is 0 Å². The maximum Gasteiger partial charge on any atom is 0.269 e. The smallest absolute Gasteiger partial charge is 0.269 e. The highest BCUT2D eigenvalue weighted by molar-refractivity contribution is 9.09. The van der Waals surface area contributed by atoms with Gasteiger partial charge in [-0.1, -0.05) is 22.4 Å². The third-order valence-corrected chi connectivity index (χ3v) is 4.28. The first-order valence-electron chi connectivity index (χ1n) is 6.11. The summed E-state index contributed by atoms with van der Waals surface area (Å²) in [5.41, 5.74) is 1.55. The minimum absolute atomic E-state index is 0.0104. The van der Waals surface area contributed by atoms with E-state index in [4.69, 9.17) is 0 Å². The molecule has 1 fully saturated rings. The molecular formula is C12H18BrN3O. The van der Waals surface area contributed by atoms with Crippen LogP contribution in [0.3, 0.4) is 0 Å². The molecule has 1 saturated carbocycles. The third-order valence-electron chi connectivity index (χ3n) is 3.18. The molecule has 1 heterocycles. The first-order valence-corrected chi connectivity index (χ1v) is 7.02. The average molecular weight is 300 g/mol. The van der Waals surface area contributed by atoms with Crippen molar-refractivity contribution in [3.63, 3.8) is 0 Å². The van der Waals surface area contributed by atoms with Crippen LogP contribution in [0.25, 0.3) is 0 Å². The zero-order chi connectivity index (χ0) is 12.4. The molecule has 1 aromatic heterocycles. The van der Waals surface area contributed by atoms with E-state index in [0.717, 1.165) is 25.1 Å². The molecule has 1 N–H and O–H groups in total. The molecule has 0 aromatic carbocycles. The molecule has 4 nitrogen and oxygen atoms in total. The fraction of sp³-hybridized carbons (Fsp3) is 0.667. The van der Waals surface area contributed by atoms with E-state index in [9.17, 15) is 4.79 Å². The van der Waals surface area contributed by atoms with Crippen molar-refractivity contribution < 1.29 is 4.79 Å². The molecule has 17 heavy (non-hydrogen) atoms. The highest BCUT2D eigenvalue weighted by atomic mass is 79.9. The molecular weight excluding hydrogens is 282 g/mol. The number of amides is 1. The van der Waals surface area contributed by atoms with Crippen LogP contribution in [0.5, 0.6) is 0 Å². The molecule has 1 aliphatic carbocycles. The second kappa shape index (κ2) is 5.21. The summed E-state index contributed by atoms with van der Waals surface area (Å²) in [6, 6.07) is 2.10. The summed E-state index contributed by atoms with van der Waals surface area (Å²) >= 11 is 3.61. The van der Waals surface area contributed by atoms with Gasteiger partial charge in [0.15, 0.2) is 0 Å². The number of rotatable bonds is 3. The van der Waals surface area contributed by atoms with E-state index in [1.165, 1.54) is 6.42 Å². The summed E-state index contributed by atoms with van der Waals surface area (Å²) in [4.78, 5) is 12.6. The molecule has 2 rings (SSSR count). The van der Waals surface area contributed by atoms with E-state index in [1.807, 2.05) is 19.9 Å². The number of nitrogens with one attached hydrogen (secondary N) is 1. The molecule has 0 bridgehead atoms. The van der Waals surface area contributed by atoms with Gasteiger partial charge in [0.25, 0.3) is 5.91 Å². The zero-order valence-corrected chi connectivity index (χ0v) is 11.8. The van der Waals surface area contributed by atoms with Gasteiger partial charge in [-0.15, -0.1) is 0 Å². The molecule has 0 spiro atoms. The number of carbonyl (C=O) groups is 1. The van der Waals surface area contributed by atoms with Gasteiger partial charge in [0, 0.05) is 17.4 Å². The Morgan fingerprint density at radius 3 is 3.00 bits per heavy atom. The van der Waals surface area contributed by atoms with Gasteiger partial charge < -0.3 is 5.32 Å². The quantitative estimate of drug-likeness (QED) is 0.870. The lowest BCUT2D eigenvalue weighted by molar-refractivity contribution is 0.0928. The molecule has 1 aromatic rings. The molecule has 1 aliphatic rings. The van der Waals surface area contributed by atoms with Crippen molar-refractivity contribution >= 4 is 21.8 Å². The number of carbonyl (C=O) groups excluding carboxylic acids is 1. The Labute approximate surface area is 110 Å². The minimum Gasteiger partial charge on any atom is -0.347 e. The summed E-state index contributed by atoms with van der Waals surface area (Å²) in [7, 11) is 0. The van der Waals surface area contributed by atoms with E-state index in [1.54, 1.807) is 4.68 Å². The molecule has 0 saturated heterocycles. The minimum atomic E-state index is -0.0104. The van der Waals surface area contributed by atoms with Gasteiger partial charge in [0.05, 0.1) is 5.69 Å². The number of aryl methyl sites for hydroxylation is 2. The largest absolute Gasteiger partial charge is 0.347 e. The van der Waals surface area contributed by atoms with Crippen LogP contribution in [0.4, 0.5) is 0 Å². The summed E-state index contributed by atoms with van der Waals surface area (Å²) in [5, 5.41) is 7.37. The normalized spacial score (nSPS) is 23.9. The number of hydrogen-bond donors (Lipinski definition) is 1. The van der Waals surface area contributed by atoms with Crippen molar-refractivity contribution in [1.29, 1.82) is 0 Å². The van der Waals surface area contributed by atoms with Crippen LogP contribution in [0, 0.1) is 6.92 Å². The summed E-state index contributed by atoms with van der Waals surface area (Å²) in [5.74, 6) is -0.0104. The van der Waals surface area contributed by atoms with Gasteiger partial charge >= 0.3 is 0 Å². The number of halogens is 1. The highest BCUT2D eigenvalue weighted by Gasteiger charge is 2.27. The van der Waals surface area contributed by atoms with Crippen LogP contribution in [0.15, 0.2) is 6.07 Å². The van der Waals surface area contributed by atoms with Crippen molar-refractivity contribution in [3.8, 4) is 0 Å². The Bertz CT molecular complexity index is 416. The number of aromatic nitrogens is 2. The van der Waals surface area contributed by atoms with Crippen molar-refractivity contribution in [2.75, 3.05) is 0 Å². The van der Waals surface area contributed by atoms with Crippen LogP contribution in [-0.2, 0) is 6.54 Å². The van der Waals surface area contributed by atoms with Crippen LogP contribution >= 0.6 is 15.9 Å². The molecule has 94 valence electrons. The van der Waals surface area contributed by atoms with Gasteiger partial charge in [-0.25, -0.2) is 0 Å². The molecule has 1 amide bonds. The van der Waals surface area contributed by atoms with E-state index in [-0.39, 0.29) is 11.9 Å². The number of hydrogen-bond acceptors (Lipinski definition) is 2. The molecule has 0 radical (unpaired) electrons.